The molecular formula is C129H80N12O3. The summed E-state index contributed by atoms with van der Waals surface area (Å²) in [5.41, 5.74) is 27.3. The van der Waals surface area contributed by atoms with Gasteiger partial charge in [-0.05, 0) is 120 Å². The SMILES string of the molecule is c1ccc(-c2nc(-c3ccccc3)nc(-c3cccc4c3oc3c(-c5cccc(-n6c7ccccc7c7ccccc76)c5)cccc34)n2)cc1.c1ccc(-c2nc(-c3ccccc3)nc(-c3cccc4c3oc3c(-n5c6ccccc6c6ccccc65)cccc34)n2)cc1.c1ccc(-c2nc(-c3ccccc3)nc(-c3cccc4c3oc3cc(-c5ccc6c(c5)c5ccccc5n6-c5ccccc5)ccc34)n2)cc1. The van der Waals surface area contributed by atoms with Crippen LogP contribution in [0.2, 0.25) is 0 Å². The fraction of sp³-hybridized carbons (Fsp3) is 0. The predicted molar refractivity (Wildman–Crippen MR) is 584 cm³/mol. The van der Waals surface area contributed by atoms with Crippen molar-refractivity contribution in [1.82, 2.24) is 58.6 Å². The van der Waals surface area contributed by atoms with Gasteiger partial charge in [-0.15, -0.1) is 0 Å². The highest BCUT2D eigenvalue weighted by Gasteiger charge is 2.27. The van der Waals surface area contributed by atoms with Crippen LogP contribution in [0.3, 0.4) is 0 Å². The lowest BCUT2D eigenvalue weighted by Gasteiger charge is -2.10. The number of nitrogens with zero attached hydrogens (tertiary/aromatic N) is 12. The molecule has 9 heterocycles. The first-order valence-electron chi connectivity index (χ1n) is 48.0. The Morgan fingerprint density at radius 2 is 0.403 bits per heavy atom. The maximum absolute atomic E-state index is 6.88. The minimum atomic E-state index is 0.567. The average Bonchev–Trinajstić information content (AvgIpc) is 1.58. The number of hydrogen-bond donors (Lipinski definition) is 0. The topological polar surface area (TPSA) is 170 Å². The highest BCUT2D eigenvalue weighted by molar-refractivity contribution is 6.18. The van der Waals surface area contributed by atoms with E-state index in [4.69, 9.17) is 58.1 Å². The second-order valence-electron chi connectivity index (χ2n) is 35.7. The molecule has 144 heavy (non-hydrogen) atoms. The second kappa shape index (κ2) is 35.3. The maximum atomic E-state index is 6.88. The molecular weight excluding hydrogens is 1770 g/mol. The van der Waals surface area contributed by atoms with Crippen LogP contribution in [-0.2, 0) is 0 Å². The van der Waals surface area contributed by atoms with Crippen molar-refractivity contribution >= 4 is 131 Å². The zero-order valence-corrected chi connectivity index (χ0v) is 77.3. The van der Waals surface area contributed by atoms with E-state index < -0.39 is 0 Å². The number of para-hydroxylation sites is 11. The number of aromatic nitrogens is 12. The van der Waals surface area contributed by atoms with Crippen molar-refractivity contribution in [2.75, 3.05) is 0 Å². The van der Waals surface area contributed by atoms with Crippen molar-refractivity contribution in [3.8, 4) is 142 Å². The Bertz CT molecular complexity index is 9760. The molecule has 29 rings (SSSR count). The van der Waals surface area contributed by atoms with Gasteiger partial charge in [0.25, 0.3) is 0 Å². The van der Waals surface area contributed by atoms with Gasteiger partial charge in [-0.3, -0.25) is 0 Å². The molecule has 0 saturated heterocycles. The van der Waals surface area contributed by atoms with E-state index in [-0.39, 0.29) is 0 Å². The van der Waals surface area contributed by atoms with Crippen LogP contribution in [0.25, 0.3) is 273 Å². The molecule has 0 fully saturated rings. The first-order valence-corrected chi connectivity index (χ1v) is 48.0. The van der Waals surface area contributed by atoms with Crippen LogP contribution < -0.4 is 0 Å². The van der Waals surface area contributed by atoms with Gasteiger partial charge in [0.15, 0.2) is 58.0 Å². The lowest BCUT2D eigenvalue weighted by atomic mass is 10.0. The molecule has 0 saturated carbocycles. The van der Waals surface area contributed by atoms with Crippen LogP contribution in [0, 0.1) is 0 Å². The zero-order chi connectivity index (χ0) is 95.1. The molecule has 0 spiro atoms. The van der Waals surface area contributed by atoms with Crippen LogP contribution in [0.5, 0.6) is 0 Å². The Balaban J connectivity index is 0.000000108. The molecule has 674 valence electrons. The molecule has 0 aliphatic carbocycles. The molecule has 0 unspecified atom stereocenters. The number of hydrogen-bond acceptors (Lipinski definition) is 12. The van der Waals surface area contributed by atoms with Gasteiger partial charge in [-0.2, -0.15) is 0 Å². The van der Waals surface area contributed by atoms with Gasteiger partial charge >= 0.3 is 0 Å². The molecule has 0 atom stereocenters. The zero-order valence-electron chi connectivity index (χ0n) is 77.3. The molecule has 0 aliphatic rings. The van der Waals surface area contributed by atoms with Crippen LogP contribution in [0.4, 0.5) is 0 Å². The molecule has 0 aliphatic heterocycles. The van der Waals surface area contributed by atoms with Gasteiger partial charge in [-0.1, -0.05) is 382 Å². The number of fused-ring (bicyclic) bond motifs is 18. The fourth-order valence-corrected chi connectivity index (χ4v) is 20.5. The summed E-state index contributed by atoms with van der Waals surface area (Å²) in [4.78, 5) is 44.6. The van der Waals surface area contributed by atoms with E-state index in [0.29, 0.717) is 52.4 Å². The summed E-state index contributed by atoms with van der Waals surface area (Å²) in [7, 11) is 0. The van der Waals surface area contributed by atoms with E-state index in [0.717, 1.165) is 166 Å². The van der Waals surface area contributed by atoms with Crippen LogP contribution in [-0.4, -0.2) is 58.6 Å². The Labute approximate surface area is 824 Å². The normalized spacial score (nSPS) is 11.6. The molecule has 20 aromatic carbocycles. The van der Waals surface area contributed by atoms with Crippen molar-refractivity contribution < 1.29 is 13.3 Å². The number of furan rings is 3. The highest BCUT2D eigenvalue weighted by Crippen LogP contribution is 2.47. The van der Waals surface area contributed by atoms with E-state index in [9.17, 15) is 0 Å². The van der Waals surface area contributed by atoms with E-state index in [1.54, 1.807) is 0 Å². The smallest absolute Gasteiger partial charge is 0.167 e. The molecule has 9 aromatic heterocycles. The number of rotatable bonds is 14. The average molecular weight is 1850 g/mol. The monoisotopic (exact) mass is 1840 g/mol. The third-order valence-electron chi connectivity index (χ3n) is 27.2. The standard InChI is InChI=1S/2C45H28N4O.C39H24N4O/c1-4-13-29(14-5-1)43-46-44(30-15-6-2-7-16-30)48-45(47-43)37-21-12-20-36-35-25-23-32(28-41(35)50-42(36)37)31-24-26-40-38(27-31)34-19-10-11-22-39(34)49(40)33-17-8-3-9-18-33;1-3-14-29(15-4-1)43-46-44(30-16-5-2-6-17-30)48-45(47-43)38-25-13-24-37-36-23-12-22-33(41(36)50-42(37)38)31-18-11-19-32(28-31)49-39-26-9-7-20-34(39)35-21-8-10-27-40(35)49;1-3-13-25(14-4-1)37-40-38(26-15-5-2-6-16-26)42-39(41-37)31-21-11-19-29-30-20-12-24-34(36(30)44-35(29)31)43-32-22-9-7-17-27(32)28-18-8-10-23-33(28)43/h2*1-28H;1-24H. The quantitative estimate of drug-likeness (QED) is 0.101. The van der Waals surface area contributed by atoms with E-state index >= 15 is 0 Å². The van der Waals surface area contributed by atoms with Crippen molar-refractivity contribution in [2.24, 2.45) is 0 Å². The summed E-state index contributed by atoms with van der Waals surface area (Å²) in [5.74, 6) is 5.42. The van der Waals surface area contributed by atoms with Crippen LogP contribution >= 0.6 is 0 Å². The predicted octanol–water partition coefficient (Wildman–Crippen LogP) is 32.9. The van der Waals surface area contributed by atoms with Crippen LogP contribution in [0.1, 0.15) is 0 Å². The van der Waals surface area contributed by atoms with Gasteiger partial charge in [-0.25, -0.2) is 44.9 Å². The van der Waals surface area contributed by atoms with Crippen molar-refractivity contribution in [3.63, 3.8) is 0 Å². The molecule has 15 nitrogen and oxygen atoms in total. The van der Waals surface area contributed by atoms with Gasteiger partial charge in [0.05, 0.1) is 55.5 Å². The molecule has 29 aromatic rings. The molecule has 0 amide bonds. The summed E-state index contributed by atoms with van der Waals surface area (Å²) in [5, 5.41) is 13.5. The Morgan fingerprint density at radius 1 is 0.139 bits per heavy atom. The third kappa shape index (κ3) is 14.7. The lowest BCUT2D eigenvalue weighted by Crippen LogP contribution is -2.00. The van der Waals surface area contributed by atoms with E-state index in [1.165, 1.54) is 54.4 Å². The minimum Gasteiger partial charge on any atom is -0.455 e. The van der Waals surface area contributed by atoms with E-state index in [2.05, 4.69) is 287 Å². The Kier molecular flexibility index (Phi) is 20.5. The van der Waals surface area contributed by atoms with Crippen molar-refractivity contribution in [1.29, 1.82) is 0 Å². The van der Waals surface area contributed by atoms with Gasteiger partial charge in [0.1, 0.15) is 27.9 Å². The van der Waals surface area contributed by atoms with Gasteiger partial charge in [0, 0.05) is 115 Å². The Hall–Kier alpha value is -19.8. The van der Waals surface area contributed by atoms with Gasteiger partial charge < -0.3 is 27.0 Å². The summed E-state index contributed by atoms with van der Waals surface area (Å²) >= 11 is 0. The number of benzene rings is 20. The van der Waals surface area contributed by atoms with E-state index in [1.807, 2.05) is 212 Å². The van der Waals surface area contributed by atoms with Crippen molar-refractivity contribution in [3.05, 3.63) is 485 Å². The Morgan fingerprint density at radius 3 is 0.812 bits per heavy atom. The largest absolute Gasteiger partial charge is 0.455 e. The van der Waals surface area contributed by atoms with Crippen LogP contribution in [0.15, 0.2) is 499 Å². The lowest BCUT2D eigenvalue weighted by molar-refractivity contribution is 0.667. The summed E-state index contributed by atoms with van der Waals surface area (Å²) in [6.07, 6.45) is 0. The maximum Gasteiger partial charge on any atom is 0.167 e. The second-order valence-corrected chi connectivity index (χ2v) is 35.7. The highest BCUT2D eigenvalue weighted by atomic mass is 16.3. The first kappa shape index (κ1) is 83.6. The molecule has 15 heteroatoms. The minimum absolute atomic E-state index is 0.567. The first-order chi connectivity index (χ1) is 71.4. The third-order valence-corrected chi connectivity index (χ3v) is 27.2. The summed E-state index contributed by atoms with van der Waals surface area (Å²) < 4.78 is 27.4. The molecule has 0 bridgehead atoms. The van der Waals surface area contributed by atoms with Crippen molar-refractivity contribution in [2.45, 2.75) is 0 Å². The van der Waals surface area contributed by atoms with Gasteiger partial charge in [0.2, 0.25) is 0 Å². The summed E-state index contributed by atoms with van der Waals surface area (Å²) in [6, 6.07) is 167. The summed E-state index contributed by atoms with van der Waals surface area (Å²) in [6.45, 7) is 0. The fourth-order valence-electron chi connectivity index (χ4n) is 20.5. The molecule has 0 N–H and O–H groups in total. The molecule has 0 radical (unpaired) electrons.